The molecule has 0 aliphatic rings. The van der Waals surface area contributed by atoms with Gasteiger partial charge in [0.05, 0.1) is 6.07 Å². The lowest BCUT2D eigenvalue weighted by molar-refractivity contribution is -0.121. The number of amides is 1. The quantitative estimate of drug-likeness (QED) is 0.683. The van der Waals surface area contributed by atoms with Gasteiger partial charge in [0, 0.05) is 17.1 Å². The fraction of sp³-hybridized carbons (Fsp3) is 0.250. The summed E-state index contributed by atoms with van der Waals surface area (Å²) < 4.78 is 0.775. The standard InChI is InChI=1S/C12H11BrN2O2/c1-7-3-4-8(5-10(7)13)11(16)9(6-14)12(17)15-2/h3-5,9H,1-2H3,(H,15,17)/t9-/m0/s1. The molecule has 1 rings (SSSR count). The van der Waals surface area contributed by atoms with Crippen LogP contribution in [-0.2, 0) is 4.79 Å². The Labute approximate surface area is 108 Å². The first kappa shape index (κ1) is 13.4. The van der Waals surface area contributed by atoms with Gasteiger partial charge >= 0.3 is 0 Å². The maximum atomic E-state index is 11.9. The van der Waals surface area contributed by atoms with Crippen molar-refractivity contribution in [2.75, 3.05) is 7.05 Å². The van der Waals surface area contributed by atoms with Crippen molar-refractivity contribution in [1.29, 1.82) is 5.26 Å². The summed E-state index contributed by atoms with van der Waals surface area (Å²) in [6.45, 7) is 1.89. The zero-order chi connectivity index (χ0) is 13.0. The predicted molar refractivity (Wildman–Crippen MR) is 66.4 cm³/mol. The van der Waals surface area contributed by atoms with Crippen LogP contribution in [0.4, 0.5) is 0 Å². The Morgan fingerprint density at radius 2 is 2.12 bits per heavy atom. The fourth-order valence-corrected chi connectivity index (χ4v) is 1.67. The number of carbonyl (C=O) groups excluding carboxylic acids is 2. The van der Waals surface area contributed by atoms with E-state index in [1.165, 1.54) is 7.05 Å². The molecular weight excluding hydrogens is 284 g/mol. The number of halogens is 1. The van der Waals surface area contributed by atoms with E-state index in [9.17, 15) is 9.59 Å². The van der Waals surface area contributed by atoms with Gasteiger partial charge in [-0.25, -0.2) is 0 Å². The summed E-state index contributed by atoms with van der Waals surface area (Å²) >= 11 is 3.30. The van der Waals surface area contributed by atoms with E-state index in [4.69, 9.17) is 5.26 Å². The van der Waals surface area contributed by atoms with Crippen LogP contribution in [0.2, 0.25) is 0 Å². The third kappa shape index (κ3) is 2.92. The van der Waals surface area contributed by atoms with Crippen LogP contribution < -0.4 is 5.32 Å². The fourth-order valence-electron chi connectivity index (χ4n) is 1.29. The Morgan fingerprint density at radius 1 is 1.47 bits per heavy atom. The predicted octanol–water partition coefficient (Wildman–Crippen LogP) is 1.83. The minimum Gasteiger partial charge on any atom is -0.358 e. The van der Waals surface area contributed by atoms with Crippen molar-refractivity contribution < 1.29 is 9.59 Å². The summed E-state index contributed by atoms with van der Waals surface area (Å²) in [5.41, 5.74) is 1.33. The summed E-state index contributed by atoms with van der Waals surface area (Å²) in [5.74, 6) is -2.38. The van der Waals surface area contributed by atoms with Gasteiger partial charge in [-0.2, -0.15) is 5.26 Å². The van der Waals surface area contributed by atoms with Gasteiger partial charge in [0.1, 0.15) is 0 Å². The van der Waals surface area contributed by atoms with Gasteiger partial charge in [-0.05, 0) is 18.6 Å². The highest BCUT2D eigenvalue weighted by Gasteiger charge is 2.26. The van der Waals surface area contributed by atoms with Gasteiger partial charge in [0.2, 0.25) is 5.91 Å². The van der Waals surface area contributed by atoms with Crippen LogP contribution in [0, 0.1) is 24.2 Å². The molecule has 1 atom stereocenters. The van der Waals surface area contributed by atoms with Crippen molar-refractivity contribution in [2.45, 2.75) is 6.92 Å². The SMILES string of the molecule is CNC(=O)[C@@H](C#N)C(=O)c1ccc(C)c(Br)c1. The number of carbonyl (C=O) groups is 2. The molecular formula is C12H11BrN2O2. The molecule has 0 unspecified atom stereocenters. The molecule has 88 valence electrons. The van der Waals surface area contributed by atoms with Gasteiger partial charge in [0.15, 0.2) is 11.7 Å². The van der Waals surface area contributed by atoms with Crippen molar-refractivity contribution in [2.24, 2.45) is 5.92 Å². The molecule has 0 fully saturated rings. The first-order valence-corrected chi connectivity index (χ1v) is 5.72. The van der Waals surface area contributed by atoms with Crippen molar-refractivity contribution in [3.63, 3.8) is 0 Å². The van der Waals surface area contributed by atoms with Crippen molar-refractivity contribution in [3.8, 4) is 6.07 Å². The summed E-state index contributed by atoms with van der Waals surface area (Å²) in [7, 11) is 1.39. The molecule has 0 saturated carbocycles. The number of hydrogen-bond acceptors (Lipinski definition) is 3. The highest BCUT2D eigenvalue weighted by molar-refractivity contribution is 9.10. The molecule has 1 N–H and O–H groups in total. The smallest absolute Gasteiger partial charge is 0.245 e. The molecule has 0 spiro atoms. The largest absolute Gasteiger partial charge is 0.358 e. The second-order valence-corrected chi connectivity index (χ2v) is 4.36. The van der Waals surface area contributed by atoms with Crippen LogP contribution in [0.25, 0.3) is 0 Å². The van der Waals surface area contributed by atoms with Crippen LogP contribution in [0.5, 0.6) is 0 Å². The first-order chi connectivity index (χ1) is 8.01. The molecule has 1 amide bonds. The van der Waals surface area contributed by atoms with E-state index in [1.54, 1.807) is 24.3 Å². The lowest BCUT2D eigenvalue weighted by Gasteiger charge is -2.07. The summed E-state index contributed by atoms with van der Waals surface area (Å²) in [5, 5.41) is 11.1. The second-order valence-electron chi connectivity index (χ2n) is 3.50. The Morgan fingerprint density at radius 3 is 2.59 bits per heavy atom. The number of Topliss-reactive ketones (excluding diaryl/α,β-unsaturated/α-hetero) is 1. The Hall–Kier alpha value is -1.67. The maximum Gasteiger partial charge on any atom is 0.245 e. The van der Waals surface area contributed by atoms with E-state index in [0.717, 1.165) is 10.0 Å². The van der Waals surface area contributed by atoms with E-state index in [1.807, 2.05) is 6.92 Å². The third-order valence-corrected chi connectivity index (χ3v) is 3.21. The molecule has 4 nitrogen and oxygen atoms in total. The molecule has 0 aliphatic heterocycles. The Balaban J connectivity index is 3.07. The lowest BCUT2D eigenvalue weighted by atomic mass is 9.97. The Kier molecular flexibility index (Phi) is 4.41. The molecule has 0 saturated heterocycles. The highest BCUT2D eigenvalue weighted by Crippen LogP contribution is 2.19. The maximum absolute atomic E-state index is 11.9. The van der Waals surface area contributed by atoms with E-state index in [-0.39, 0.29) is 0 Å². The summed E-state index contributed by atoms with van der Waals surface area (Å²) in [6.07, 6.45) is 0. The minimum atomic E-state index is -1.30. The van der Waals surface area contributed by atoms with E-state index in [0.29, 0.717) is 5.56 Å². The molecule has 0 aliphatic carbocycles. The number of nitrogens with zero attached hydrogens (tertiary/aromatic N) is 1. The molecule has 17 heavy (non-hydrogen) atoms. The molecule has 0 radical (unpaired) electrons. The number of rotatable bonds is 3. The van der Waals surface area contributed by atoms with Gasteiger partial charge in [-0.15, -0.1) is 0 Å². The van der Waals surface area contributed by atoms with Gasteiger partial charge < -0.3 is 5.32 Å². The van der Waals surface area contributed by atoms with Gasteiger partial charge in [-0.1, -0.05) is 28.1 Å². The van der Waals surface area contributed by atoms with E-state index < -0.39 is 17.6 Å². The van der Waals surface area contributed by atoms with Crippen molar-refractivity contribution in [3.05, 3.63) is 33.8 Å². The van der Waals surface area contributed by atoms with Crippen LogP contribution in [0.3, 0.4) is 0 Å². The van der Waals surface area contributed by atoms with Crippen LogP contribution >= 0.6 is 15.9 Å². The molecule has 1 aromatic rings. The second kappa shape index (κ2) is 5.60. The average molecular weight is 295 g/mol. The Bertz CT molecular complexity index is 506. The average Bonchev–Trinajstić information content (AvgIpc) is 2.33. The van der Waals surface area contributed by atoms with Crippen molar-refractivity contribution >= 4 is 27.6 Å². The number of aryl methyl sites for hydroxylation is 1. The molecule has 5 heteroatoms. The molecule has 0 bridgehead atoms. The monoisotopic (exact) mass is 294 g/mol. The van der Waals surface area contributed by atoms with E-state index in [2.05, 4.69) is 21.2 Å². The zero-order valence-corrected chi connectivity index (χ0v) is 11.0. The third-order valence-electron chi connectivity index (χ3n) is 2.36. The lowest BCUT2D eigenvalue weighted by Crippen LogP contribution is -2.32. The summed E-state index contributed by atoms with van der Waals surface area (Å²) in [6, 6.07) is 6.69. The van der Waals surface area contributed by atoms with Crippen LogP contribution in [0.1, 0.15) is 15.9 Å². The van der Waals surface area contributed by atoms with E-state index >= 15 is 0 Å². The highest BCUT2D eigenvalue weighted by atomic mass is 79.9. The normalized spacial score (nSPS) is 11.4. The molecule has 1 aromatic carbocycles. The number of nitriles is 1. The van der Waals surface area contributed by atoms with Crippen LogP contribution in [0.15, 0.2) is 22.7 Å². The summed E-state index contributed by atoms with van der Waals surface area (Å²) in [4.78, 5) is 23.3. The van der Waals surface area contributed by atoms with Crippen molar-refractivity contribution in [1.82, 2.24) is 5.32 Å². The molecule has 0 aromatic heterocycles. The topological polar surface area (TPSA) is 70.0 Å². The molecule has 0 heterocycles. The van der Waals surface area contributed by atoms with Crippen LogP contribution in [-0.4, -0.2) is 18.7 Å². The number of hydrogen-bond donors (Lipinski definition) is 1. The van der Waals surface area contributed by atoms with Gasteiger partial charge in [0.25, 0.3) is 0 Å². The zero-order valence-electron chi connectivity index (χ0n) is 9.45. The number of nitrogens with one attached hydrogen (secondary N) is 1. The minimum absolute atomic E-state index is 0.345. The number of benzene rings is 1. The number of ketones is 1. The van der Waals surface area contributed by atoms with Gasteiger partial charge in [-0.3, -0.25) is 9.59 Å². The first-order valence-electron chi connectivity index (χ1n) is 4.92.